The van der Waals surface area contributed by atoms with Gasteiger partial charge < -0.3 is 33.2 Å². The molecule has 0 bridgehead atoms. The van der Waals surface area contributed by atoms with Crippen LogP contribution in [0.15, 0.2) is 24.3 Å². The minimum Gasteiger partial charge on any atom is -0.453 e. The van der Waals surface area contributed by atoms with E-state index in [0.29, 0.717) is 12.2 Å². The summed E-state index contributed by atoms with van der Waals surface area (Å²) < 4.78 is 41.4. The van der Waals surface area contributed by atoms with Gasteiger partial charge in [-0.3, -0.25) is 0 Å². The summed E-state index contributed by atoms with van der Waals surface area (Å²) in [6.45, 7) is 8.39. The van der Waals surface area contributed by atoms with E-state index >= 15 is 0 Å². The van der Waals surface area contributed by atoms with Gasteiger partial charge in [-0.2, -0.15) is 0 Å². The lowest BCUT2D eigenvalue weighted by Crippen LogP contribution is -2.45. The van der Waals surface area contributed by atoms with E-state index in [1.165, 1.54) is 0 Å². The normalized spacial score (nSPS) is 38.3. The van der Waals surface area contributed by atoms with Crippen molar-refractivity contribution in [3.63, 3.8) is 0 Å². The van der Waals surface area contributed by atoms with Crippen LogP contribution in [0.3, 0.4) is 0 Å². The molecule has 1 aromatic carbocycles. The number of esters is 1. The Balaban J connectivity index is 1.35. The van der Waals surface area contributed by atoms with Crippen LogP contribution < -0.4 is 0 Å². The molecular weight excluding hydrogens is 404 g/mol. The third-order valence-electron chi connectivity index (χ3n) is 6.09. The van der Waals surface area contributed by atoms with Crippen LogP contribution in [0.25, 0.3) is 0 Å². The van der Waals surface area contributed by atoms with Crippen molar-refractivity contribution < 1.29 is 38.0 Å². The molecule has 4 aliphatic heterocycles. The molecule has 2 unspecified atom stereocenters. The first-order chi connectivity index (χ1) is 14.7. The zero-order valence-electron chi connectivity index (χ0n) is 18.4. The fraction of sp³-hybridized carbons (Fsp3) is 0.696. The topological polar surface area (TPSA) is 81.7 Å². The van der Waals surface area contributed by atoms with Crippen molar-refractivity contribution in [2.24, 2.45) is 0 Å². The van der Waals surface area contributed by atoms with Crippen LogP contribution in [0.4, 0.5) is 0 Å². The van der Waals surface area contributed by atoms with Crippen LogP contribution in [-0.2, 0) is 33.2 Å². The second-order valence-electron chi connectivity index (χ2n) is 9.43. The first-order valence-corrected chi connectivity index (χ1v) is 11.0. The molecule has 4 fully saturated rings. The summed E-state index contributed by atoms with van der Waals surface area (Å²) in [6.07, 6.45) is -0.815. The smallest absolute Gasteiger partial charge is 0.338 e. The predicted octanol–water partition coefficient (Wildman–Crippen LogP) is 3.09. The maximum absolute atomic E-state index is 13.1. The van der Waals surface area contributed by atoms with Crippen molar-refractivity contribution in [2.45, 2.75) is 88.9 Å². The van der Waals surface area contributed by atoms with Crippen molar-refractivity contribution in [3.05, 3.63) is 35.4 Å². The largest absolute Gasteiger partial charge is 0.453 e. The highest BCUT2D eigenvalue weighted by Crippen LogP contribution is 2.42. The quantitative estimate of drug-likeness (QED) is 0.669. The lowest BCUT2D eigenvalue weighted by Gasteiger charge is -2.28. The Labute approximate surface area is 182 Å². The second-order valence-corrected chi connectivity index (χ2v) is 9.43. The van der Waals surface area contributed by atoms with Crippen LogP contribution in [0.5, 0.6) is 0 Å². The molecule has 0 N–H and O–H groups in total. The Kier molecular flexibility index (Phi) is 5.36. The van der Waals surface area contributed by atoms with E-state index in [-0.39, 0.29) is 6.10 Å². The van der Waals surface area contributed by atoms with Crippen molar-refractivity contribution in [1.82, 2.24) is 0 Å². The SMILES string of the molecule is CC1(C)OCC([C@@H]2O[C@H]3OC(C)(C)O[C@H]3C2OC(=O)c2cccc([C@H]3CCCO3)c2)O1. The minimum absolute atomic E-state index is 0.0262. The summed E-state index contributed by atoms with van der Waals surface area (Å²) in [5, 5.41) is 0. The molecule has 0 saturated carbocycles. The molecule has 1 aromatic rings. The van der Waals surface area contributed by atoms with Gasteiger partial charge in [0.25, 0.3) is 0 Å². The molecule has 0 amide bonds. The molecule has 0 aliphatic carbocycles. The number of rotatable bonds is 4. The van der Waals surface area contributed by atoms with Crippen LogP contribution in [0.2, 0.25) is 0 Å². The third kappa shape index (κ3) is 4.25. The average Bonchev–Trinajstić information content (AvgIpc) is 3.47. The third-order valence-corrected chi connectivity index (χ3v) is 6.09. The highest BCUT2D eigenvalue weighted by molar-refractivity contribution is 5.89. The zero-order chi connectivity index (χ0) is 21.8. The molecule has 0 spiro atoms. The number of carbonyl (C=O) groups is 1. The Hall–Kier alpha value is -1.55. The first-order valence-electron chi connectivity index (χ1n) is 11.0. The van der Waals surface area contributed by atoms with Gasteiger partial charge in [0.15, 0.2) is 30.1 Å². The number of ether oxygens (including phenoxy) is 7. The second kappa shape index (κ2) is 7.79. The maximum atomic E-state index is 13.1. The summed E-state index contributed by atoms with van der Waals surface area (Å²) in [5.41, 5.74) is 1.46. The fourth-order valence-electron chi connectivity index (χ4n) is 4.71. The van der Waals surface area contributed by atoms with Gasteiger partial charge in [-0.1, -0.05) is 12.1 Å². The zero-order valence-corrected chi connectivity index (χ0v) is 18.4. The van der Waals surface area contributed by atoms with Gasteiger partial charge in [0.05, 0.1) is 18.3 Å². The molecule has 170 valence electrons. The van der Waals surface area contributed by atoms with Gasteiger partial charge in [-0.05, 0) is 58.2 Å². The maximum Gasteiger partial charge on any atom is 0.338 e. The van der Waals surface area contributed by atoms with Crippen LogP contribution >= 0.6 is 0 Å². The average molecular weight is 434 g/mol. The lowest BCUT2D eigenvalue weighted by atomic mass is 10.0. The van der Waals surface area contributed by atoms with Gasteiger partial charge in [0.1, 0.15) is 12.2 Å². The number of hydrogen-bond donors (Lipinski definition) is 0. The summed E-state index contributed by atoms with van der Waals surface area (Å²) in [6, 6.07) is 7.42. The van der Waals surface area contributed by atoms with Crippen molar-refractivity contribution in [2.75, 3.05) is 13.2 Å². The van der Waals surface area contributed by atoms with Crippen molar-refractivity contribution in [3.8, 4) is 0 Å². The Morgan fingerprint density at radius 1 is 1.06 bits per heavy atom. The highest BCUT2D eigenvalue weighted by Gasteiger charge is 2.60. The van der Waals surface area contributed by atoms with E-state index in [1.54, 1.807) is 6.07 Å². The highest BCUT2D eigenvalue weighted by atomic mass is 16.8. The summed E-state index contributed by atoms with van der Waals surface area (Å²) in [4.78, 5) is 13.1. The molecule has 8 nitrogen and oxygen atoms in total. The Bertz CT molecular complexity index is 831. The van der Waals surface area contributed by atoms with E-state index in [1.807, 2.05) is 45.9 Å². The standard InChI is InChI=1S/C23H30O8/c1-22(2)26-12-16(29-22)17-18(19-21(28-17)31-23(3,4)30-19)27-20(24)14-8-5-7-13(11-14)15-9-6-10-25-15/h5,7-8,11,15-19,21H,6,9-10,12H2,1-4H3/t15-,16?,17+,18?,19+,21+/m1/s1. The van der Waals surface area contributed by atoms with Gasteiger partial charge in [-0.15, -0.1) is 0 Å². The van der Waals surface area contributed by atoms with E-state index in [4.69, 9.17) is 33.2 Å². The predicted molar refractivity (Wildman–Crippen MR) is 107 cm³/mol. The summed E-state index contributed by atoms with van der Waals surface area (Å²) in [7, 11) is 0. The monoisotopic (exact) mass is 434 g/mol. The van der Waals surface area contributed by atoms with E-state index < -0.39 is 48.2 Å². The number of benzene rings is 1. The lowest BCUT2D eigenvalue weighted by molar-refractivity contribution is -0.232. The molecule has 6 atom stereocenters. The van der Waals surface area contributed by atoms with Crippen LogP contribution in [0, 0.1) is 0 Å². The van der Waals surface area contributed by atoms with E-state index in [2.05, 4.69) is 0 Å². The molecule has 4 heterocycles. The van der Waals surface area contributed by atoms with E-state index in [9.17, 15) is 4.79 Å². The van der Waals surface area contributed by atoms with E-state index in [0.717, 1.165) is 25.0 Å². The molecule has 8 heteroatoms. The summed E-state index contributed by atoms with van der Waals surface area (Å²) in [5.74, 6) is -1.99. The Morgan fingerprint density at radius 2 is 1.90 bits per heavy atom. The molecule has 5 rings (SSSR count). The Morgan fingerprint density at radius 3 is 2.61 bits per heavy atom. The number of hydrogen-bond acceptors (Lipinski definition) is 8. The molecular formula is C23H30O8. The van der Waals surface area contributed by atoms with Crippen LogP contribution in [-0.4, -0.2) is 61.5 Å². The summed E-state index contributed by atoms with van der Waals surface area (Å²) >= 11 is 0. The fourth-order valence-corrected chi connectivity index (χ4v) is 4.71. The van der Waals surface area contributed by atoms with Gasteiger partial charge in [-0.25, -0.2) is 4.79 Å². The first kappa shape index (κ1) is 21.3. The van der Waals surface area contributed by atoms with Gasteiger partial charge >= 0.3 is 5.97 Å². The van der Waals surface area contributed by atoms with Crippen LogP contribution in [0.1, 0.15) is 62.6 Å². The van der Waals surface area contributed by atoms with Crippen molar-refractivity contribution >= 4 is 5.97 Å². The number of fused-ring (bicyclic) bond motifs is 1. The molecule has 4 saturated heterocycles. The van der Waals surface area contributed by atoms with Gasteiger partial charge in [0.2, 0.25) is 0 Å². The molecule has 0 radical (unpaired) electrons. The molecule has 0 aromatic heterocycles. The van der Waals surface area contributed by atoms with Gasteiger partial charge in [0, 0.05) is 6.61 Å². The molecule has 31 heavy (non-hydrogen) atoms. The minimum atomic E-state index is -0.822. The molecule has 4 aliphatic rings. The number of carbonyl (C=O) groups excluding carboxylic acids is 1. The van der Waals surface area contributed by atoms with Crippen molar-refractivity contribution in [1.29, 1.82) is 0 Å².